The number of allylic oxidation sites excluding steroid dienone is 4. The van der Waals surface area contributed by atoms with E-state index in [1.165, 1.54) is 11.1 Å². The fourth-order valence-corrected chi connectivity index (χ4v) is 7.38. The van der Waals surface area contributed by atoms with Crippen LogP contribution in [0, 0.1) is 29.1 Å². The third kappa shape index (κ3) is 2.70. The molecule has 0 radical (unpaired) electrons. The first-order valence-electron chi connectivity index (χ1n) is 12.0. The molecule has 0 amide bonds. The van der Waals surface area contributed by atoms with Gasteiger partial charge in [-0.05, 0) is 98.6 Å². The summed E-state index contributed by atoms with van der Waals surface area (Å²) in [6.45, 7) is 4.34. The molecule has 2 saturated carbocycles. The maximum absolute atomic E-state index is 13.1. The number of carbonyl (C=O) groups excluding carboxylic acids is 1. The van der Waals surface area contributed by atoms with Crippen LogP contribution in [0.2, 0.25) is 0 Å². The van der Waals surface area contributed by atoms with E-state index in [4.69, 9.17) is 9.47 Å². The second-order valence-corrected chi connectivity index (χ2v) is 10.4. The minimum absolute atomic E-state index is 0.146. The topological polar surface area (TPSA) is 55.8 Å². The van der Waals surface area contributed by atoms with E-state index in [1.54, 1.807) is 5.57 Å². The first kappa shape index (κ1) is 20.1. The van der Waals surface area contributed by atoms with E-state index < -0.39 is 5.60 Å². The summed E-state index contributed by atoms with van der Waals surface area (Å²) in [5, 5.41) is 11.4. The summed E-state index contributed by atoms with van der Waals surface area (Å²) >= 11 is 0. The zero-order valence-electron chi connectivity index (χ0n) is 18.9. The molecule has 0 spiro atoms. The molecule has 32 heavy (non-hydrogen) atoms. The molecule has 0 aromatic heterocycles. The van der Waals surface area contributed by atoms with E-state index in [9.17, 15) is 9.90 Å². The number of ketones is 1. The molecule has 1 N–H and O–H groups in total. The van der Waals surface area contributed by atoms with Crippen LogP contribution in [-0.4, -0.2) is 23.3 Å². The van der Waals surface area contributed by atoms with Gasteiger partial charge in [-0.15, -0.1) is 5.92 Å². The van der Waals surface area contributed by atoms with Gasteiger partial charge in [0, 0.05) is 5.41 Å². The van der Waals surface area contributed by atoms with Gasteiger partial charge in [0.15, 0.2) is 17.3 Å². The molecule has 1 aromatic rings. The molecule has 0 bridgehead atoms. The number of hydrogen-bond acceptors (Lipinski definition) is 4. The molecule has 1 aromatic carbocycles. The van der Waals surface area contributed by atoms with Crippen LogP contribution in [-0.2, 0) is 4.79 Å². The van der Waals surface area contributed by atoms with Crippen molar-refractivity contribution < 1.29 is 19.4 Å². The number of rotatable bonds is 1. The molecule has 1 aliphatic heterocycles. The average Bonchev–Trinajstić information content (AvgIpc) is 3.35. The van der Waals surface area contributed by atoms with Gasteiger partial charge < -0.3 is 14.6 Å². The zero-order valence-corrected chi connectivity index (χ0v) is 18.9. The Balaban J connectivity index is 1.36. The lowest BCUT2D eigenvalue weighted by atomic mass is 9.55. The van der Waals surface area contributed by atoms with Crippen LogP contribution < -0.4 is 9.47 Å². The molecule has 6 rings (SSSR count). The Morgan fingerprint density at radius 1 is 1.12 bits per heavy atom. The van der Waals surface area contributed by atoms with Gasteiger partial charge in [-0.3, -0.25) is 4.79 Å². The standard InChI is InChI=1S/C28H30O4/c1-3-10-28(30)12-9-23-20-6-4-17-13-24(29)22(15-21(17)19(20)8-11-27(23,28)2)18-5-7-25-26(14-18)32-16-31-25/h5,7,13-14,20,22-23,30H,4,6,8-9,11-12,15-16H2,1-2H3/t20-,22-,23+,27+,28+/m1/s1. The SMILES string of the molecule is CC#C[C@]1(O)CC[C@H]2[C@@H]3CCC4=CC(=O)[C@@H](c5ccc6c(c5)OCO6)CC4=C3CC[C@@]21C. The van der Waals surface area contributed by atoms with Crippen molar-refractivity contribution in [2.45, 2.75) is 70.3 Å². The summed E-state index contributed by atoms with van der Waals surface area (Å²) in [4.78, 5) is 13.1. The number of aliphatic hydroxyl groups is 1. The van der Waals surface area contributed by atoms with E-state index >= 15 is 0 Å². The molecule has 2 fully saturated rings. The largest absolute Gasteiger partial charge is 0.454 e. The van der Waals surface area contributed by atoms with Gasteiger partial charge in [0.1, 0.15) is 5.60 Å². The summed E-state index contributed by atoms with van der Waals surface area (Å²) in [6, 6.07) is 5.92. The second kappa shape index (κ2) is 6.99. The Bertz CT molecular complexity index is 1130. The Labute approximate surface area is 189 Å². The van der Waals surface area contributed by atoms with Gasteiger partial charge in [0.25, 0.3) is 0 Å². The van der Waals surface area contributed by atoms with Crippen molar-refractivity contribution in [1.82, 2.24) is 0 Å². The molecule has 4 nitrogen and oxygen atoms in total. The Hall–Kier alpha value is -2.51. The molecule has 5 aliphatic rings. The summed E-state index contributed by atoms with van der Waals surface area (Å²) in [5.41, 5.74) is 4.23. The van der Waals surface area contributed by atoms with Crippen LogP contribution in [0.1, 0.15) is 70.3 Å². The molecule has 1 heterocycles. The Kier molecular flexibility index (Phi) is 4.40. The predicted octanol–water partition coefficient (Wildman–Crippen LogP) is 5.07. The summed E-state index contributed by atoms with van der Waals surface area (Å²) in [5.74, 6) is 8.67. The molecular formula is C28H30O4. The van der Waals surface area contributed by atoms with Gasteiger partial charge in [-0.1, -0.05) is 24.5 Å². The van der Waals surface area contributed by atoms with Crippen LogP contribution in [0.4, 0.5) is 0 Å². The number of hydrogen-bond donors (Lipinski definition) is 1. The lowest BCUT2D eigenvalue weighted by Gasteiger charge is -2.50. The normalized spacial score (nSPS) is 37.2. The van der Waals surface area contributed by atoms with Gasteiger partial charge in [-0.25, -0.2) is 0 Å². The van der Waals surface area contributed by atoms with Crippen molar-refractivity contribution in [3.8, 4) is 23.3 Å². The maximum Gasteiger partial charge on any atom is 0.231 e. The fourth-order valence-electron chi connectivity index (χ4n) is 7.38. The van der Waals surface area contributed by atoms with Crippen molar-refractivity contribution in [2.24, 2.45) is 17.3 Å². The highest BCUT2D eigenvalue weighted by Crippen LogP contribution is 2.63. The summed E-state index contributed by atoms with van der Waals surface area (Å²) in [7, 11) is 0. The number of benzene rings is 1. The van der Waals surface area contributed by atoms with E-state index in [-0.39, 0.29) is 23.9 Å². The number of fused-ring (bicyclic) bond motifs is 5. The highest BCUT2D eigenvalue weighted by atomic mass is 16.7. The third-order valence-electron chi connectivity index (χ3n) is 9.13. The smallest absolute Gasteiger partial charge is 0.231 e. The van der Waals surface area contributed by atoms with Crippen LogP contribution in [0.15, 0.2) is 41.0 Å². The van der Waals surface area contributed by atoms with E-state index in [2.05, 4.69) is 18.8 Å². The Morgan fingerprint density at radius 2 is 1.97 bits per heavy atom. The summed E-state index contributed by atoms with van der Waals surface area (Å²) < 4.78 is 11.0. The molecule has 4 aliphatic carbocycles. The van der Waals surface area contributed by atoms with Crippen LogP contribution in [0.25, 0.3) is 0 Å². The lowest BCUT2D eigenvalue weighted by Crippen LogP contribution is -2.49. The molecule has 5 atom stereocenters. The first-order valence-corrected chi connectivity index (χ1v) is 12.0. The van der Waals surface area contributed by atoms with Crippen molar-refractivity contribution in [1.29, 1.82) is 0 Å². The molecule has 0 saturated heterocycles. The van der Waals surface area contributed by atoms with E-state index in [0.717, 1.165) is 62.0 Å². The molecule has 0 unspecified atom stereocenters. The van der Waals surface area contributed by atoms with Gasteiger partial charge in [-0.2, -0.15) is 0 Å². The van der Waals surface area contributed by atoms with Crippen LogP contribution in [0.3, 0.4) is 0 Å². The van der Waals surface area contributed by atoms with Crippen LogP contribution >= 0.6 is 0 Å². The monoisotopic (exact) mass is 430 g/mol. The molecular weight excluding hydrogens is 400 g/mol. The minimum Gasteiger partial charge on any atom is -0.454 e. The Morgan fingerprint density at radius 3 is 2.81 bits per heavy atom. The van der Waals surface area contributed by atoms with Gasteiger partial charge >= 0.3 is 0 Å². The van der Waals surface area contributed by atoms with Crippen LogP contribution in [0.5, 0.6) is 11.5 Å². The zero-order chi connectivity index (χ0) is 22.1. The quantitative estimate of drug-likeness (QED) is 0.632. The molecule has 166 valence electrons. The number of carbonyl (C=O) groups is 1. The van der Waals surface area contributed by atoms with E-state index in [1.807, 2.05) is 31.2 Å². The molecule has 4 heteroatoms. The number of ether oxygens (including phenoxy) is 2. The maximum atomic E-state index is 13.1. The van der Waals surface area contributed by atoms with Gasteiger partial charge in [0.2, 0.25) is 6.79 Å². The second-order valence-electron chi connectivity index (χ2n) is 10.4. The summed E-state index contributed by atoms with van der Waals surface area (Å²) in [6.07, 6.45) is 8.52. The van der Waals surface area contributed by atoms with Crippen molar-refractivity contribution in [3.63, 3.8) is 0 Å². The predicted molar refractivity (Wildman–Crippen MR) is 121 cm³/mol. The van der Waals surface area contributed by atoms with Crippen molar-refractivity contribution in [2.75, 3.05) is 6.79 Å². The van der Waals surface area contributed by atoms with Crippen molar-refractivity contribution in [3.05, 3.63) is 46.6 Å². The lowest BCUT2D eigenvalue weighted by molar-refractivity contribution is -0.116. The third-order valence-corrected chi connectivity index (χ3v) is 9.13. The minimum atomic E-state index is -0.865. The van der Waals surface area contributed by atoms with E-state index in [0.29, 0.717) is 11.8 Å². The van der Waals surface area contributed by atoms with Crippen molar-refractivity contribution >= 4 is 5.78 Å². The highest BCUT2D eigenvalue weighted by molar-refractivity contribution is 5.98. The first-order chi connectivity index (χ1) is 15.4. The highest BCUT2D eigenvalue weighted by Gasteiger charge is 2.60. The van der Waals surface area contributed by atoms with Gasteiger partial charge in [0.05, 0.1) is 5.92 Å². The fraction of sp³-hybridized carbons (Fsp3) is 0.536. The average molecular weight is 431 g/mol.